The van der Waals surface area contributed by atoms with E-state index in [1.165, 1.54) is 10.9 Å². The molecule has 0 atom stereocenters. The molecule has 0 unspecified atom stereocenters. The summed E-state index contributed by atoms with van der Waals surface area (Å²) in [4.78, 5) is 21.6. The van der Waals surface area contributed by atoms with Gasteiger partial charge in [-0.05, 0) is 0 Å². The second-order valence-electron chi connectivity index (χ2n) is 3.10. The predicted molar refractivity (Wildman–Crippen MR) is 56.7 cm³/mol. The average molecular weight is 226 g/mol. The van der Waals surface area contributed by atoms with E-state index in [2.05, 4.69) is 15.0 Å². The van der Waals surface area contributed by atoms with E-state index in [1.54, 1.807) is 0 Å². The van der Waals surface area contributed by atoms with Crippen LogP contribution >= 0.6 is 0 Å². The number of aromatic amines is 1. The molecule has 2 aromatic rings. The van der Waals surface area contributed by atoms with E-state index >= 15 is 0 Å². The number of aliphatic hydroxyl groups excluding tert-OH is 1. The van der Waals surface area contributed by atoms with Crippen molar-refractivity contribution in [3.05, 3.63) is 16.7 Å². The Kier molecular flexibility index (Phi) is 2.84. The summed E-state index contributed by atoms with van der Waals surface area (Å²) in [5.41, 5.74) is 5.60. The van der Waals surface area contributed by atoms with E-state index in [1.807, 2.05) is 0 Å². The van der Waals surface area contributed by atoms with Gasteiger partial charge in [0.15, 0.2) is 11.2 Å². The van der Waals surface area contributed by atoms with Crippen LogP contribution in [0.5, 0.6) is 0 Å². The number of anilines is 1. The third kappa shape index (κ3) is 1.88. The van der Waals surface area contributed by atoms with Crippen LogP contribution in [0.1, 0.15) is 1.43 Å². The molecule has 8 nitrogen and oxygen atoms in total. The smallest absolute Gasteiger partial charge is 0.394 e. The molecule has 0 radical (unpaired) electrons. The first-order valence-electron chi connectivity index (χ1n) is 4.61. The number of aliphatic hydroxyl groups is 1. The molecule has 0 amide bonds. The van der Waals surface area contributed by atoms with Crippen LogP contribution in [0.3, 0.4) is 0 Å². The lowest BCUT2D eigenvalue weighted by Crippen LogP contribution is -2.13. The summed E-state index contributed by atoms with van der Waals surface area (Å²) >= 11 is 0. The van der Waals surface area contributed by atoms with Crippen LogP contribution < -0.4 is 11.3 Å². The van der Waals surface area contributed by atoms with Crippen LogP contribution in [-0.2, 0) is 11.5 Å². The molecule has 4 N–H and O–H groups in total. The quantitative estimate of drug-likeness (QED) is 0.562. The first-order valence-corrected chi connectivity index (χ1v) is 4.61. The highest BCUT2D eigenvalue weighted by Gasteiger charge is 2.08. The molecule has 0 saturated carbocycles. The Hall–Kier alpha value is -1.93. The first kappa shape index (κ1) is 10.6. The molecule has 0 aliphatic rings. The minimum absolute atomic E-state index is 0. The Balaban J connectivity index is 0.00000144. The zero-order valence-electron chi connectivity index (χ0n) is 9.38. The van der Waals surface area contributed by atoms with Crippen LogP contribution in [0.15, 0.2) is 11.1 Å². The molecule has 0 fully saturated rings. The summed E-state index contributed by atoms with van der Waals surface area (Å²) in [6, 6.07) is 0. The standard InChI is InChI=1S/C8H11N5O3/c9-8-11-6-5(7(15)12-8)10-3-13(6)4-16-2-1-14/h3,14H,1-2,4H2,(H3,9,11,12,15)/p+1. The molecule has 2 rings (SSSR count). The van der Waals surface area contributed by atoms with Crippen LogP contribution in [0.4, 0.5) is 5.95 Å². The van der Waals surface area contributed by atoms with Gasteiger partial charge in [-0.15, -0.1) is 0 Å². The number of ether oxygens (including phenoxy) is 1. The van der Waals surface area contributed by atoms with Crippen molar-refractivity contribution in [2.24, 2.45) is 0 Å². The van der Waals surface area contributed by atoms with Crippen LogP contribution in [-0.4, -0.2) is 37.8 Å². The maximum absolute atomic E-state index is 11.4. The molecule has 86 valence electrons. The van der Waals surface area contributed by atoms with Gasteiger partial charge in [-0.3, -0.25) is 14.3 Å². The van der Waals surface area contributed by atoms with Crippen LogP contribution in [0.25, 0.3) is 11.2 Å². The molecule has 2 aromatic heterocycles. The number of hydrogen-bond donors (Lipinski definition) is 3. The third-order valence-corrected chi connectivity index (χ3v) is 1.96. The molecule has 0 aliphatic carbocycles. The maximum atomic E-state index is 11.4. The fourth-order valence-electron chi connectivity index (χ4n) is 1.29. The highest BCUT2D eigenvalue weighted by Crippen LogP contribution is 2.05. The van der Waals surface area contributed by atoms with Crippen molar-refractivity contribution in [1.82, 2.24) is 19.5 Å². The number of nitrogens with zero attached hydrogens (tertiary/aromatic N) is 3. The largest absolute Gasteiger partial charge is 1.00 e. The summed E-state index contributed by atoms with van der Waals surface area (Å²) in [5.74, 6) is 0.0291. The molecule has 2 heterocycles. The highest BCUT2D eigenvalue weighted by molar-refractivity contribution is 5.70. The second kappa shape index (κ2) is 4.29. The van der Waals surface area contributed by atoms with Crippen molar-refractivity contribution < 1.29 is 11.3 Å². The summed E-state index contributed by atoms with van der Waals surface area (Å²) < 4.78 is 6.63. The highest BCUT2D eigenvalue weighted by atomic mass is 16.5. The first-order chi connectivity index (χ1) is 7.72. The normalized spacial score (nSPS) is 11.1. The summed E-state index contributed by atoms with van der Waals surface area (Å²) in [6.45, 7) is 0.300. The second-order valence-corrected chi connectivity index (χ2v) is 3.10. The number of nitrogen functional groups attached to an aromatic ring is 1. The van der Waals surface area contributed by atoms with E-state index in [9.17, 15) is 4.79 Å². The van der Waals surface area contributed by atoms with E-state index < -0.39 is 0 Å². The fourth-order valence-corrected chi connectivity index (χ4v) is 1.29. The lowest BCUT2D eigenvalue weighted by molar-refractivity contribution is 0.0499. The van der Waals surface area contributed by atoms with Crippen molar-refractivity contribution in [3.63, 3.8) is 0 Å². The third-order valence-electron chi connectivity index (χ3n) is 1.96. The van der Waals surface area contributed by atoms with Gasteiger partial charge in [0.05, 0.1) is 19.5 Å². The van der Waals surface area contributed by atoms with Gasteiger partial charge in [-0.25, -0.2) is 4.98 Å². The molecule has 0 aromatic carbocycles. The Bertz CT molecular complexity index is 552. The molecular weight excluding hydrogens is 214 g/mol. The minimum atomic E-state index is -0.386. The van der Waals surface area contributed by atoms with Gasteiger partial charge in [0, 0.05) is 0 Å². The molecule has 0 bridgehead atoms. The van der Waals surface area contributed by atoms with Crippen molar-refractivity contribution in [1.29, 1.82) is 0 Å². The molecular formula is C8H12N5O3+. The Morgan fingerprint density at radius 2 is 2.50 bits per heavy atom. The van der Waals surface area contributed by atoms with E-state index in [4.69, 9.17) is 15.6 Å². The van der Waals surface area contributed by atoms with Crippen molar-refractivity contribution >= 4 is 17.1 Å². The van der Waals surface area contributed by atoms with E-state index in [-0.39, 0.29) is 38.4 Å². The summed E-state index contributed by atoms with van der Waals surface area (Å²) in [5, 5.41) is 8.56. The monoisotopic (exact) mass is 226 g/mol. The number of fused-ring (bicyclic) bond motifs is 1. The number of rotatable bonds is 4. The summed E-state index contributed by atoms with van der Waals surface area (Å²) in [7, 11) is 0. The van der Waals surface area contributed by atoms with Gasteiger partial charge >= 0.3 is 1.43 Å². The van der Waals surface area contributed by atoms with Crippen molar-refractivity contribution in [2.45, 2.75) is 6.73 Å². The fraction of sp³-hybridized carbons (Fsp3) is 0.375. The van der Waals surface area contributed by atoms with Gasteiger partial charge < -0.3 is 15.6 Å². The van der Waals surface area contributed by atoms with Crippen molar-refractivity contribution in [3.8, 4) is 0 Å². The predicted octanol–water partition coefficient (Wildman–Crippen LogP) is -1.22. The number of imidazole rings is 1. The molecule has 0 saturated heterocycles. The maximum Gasteiger partial charge on any atom is 1.00 e. The van der Waals surface area contributed by atoms with Gasteiger partial charge in [-0.2, -0.15) is 4.98 Å². The Labute approximate surface area is 91.2 Å². The lowest BCUT2D eigenvalue weighted by Gasteiger charge is -2.03. The zero-order chi connectivity index (χ0) is 11.5. The molecule has 16 heavy (non-hydrogen) atoms. The van der Waals surface area contributed by atoms with Crippen LogP contribution in [0, 0.1) is 0 Å². The molecule has 8 heteroatoms. The Morgan fingerprint density at radius 1 is 1.69 bits per heavy atom. The van der Waals surface area contributed by atoms with Gasteiger partial charge in [0.25, 0.3) is 5.56 Å². The Morgan fingerprint density at radius 3 is 3.25 bits per heavy atom. The summed E-state index contributed by atoms with van der Waals surface area (Å²) in [6.07, 6.45) is 1.43. The number of hydrogen-bond acceptors (Lipinski definition) is 6. The minimum Gasteiger partial charge on any atom is -0.394 e. The SMILES string of the molecule is Nc1nc2c(ncn2COCCO)c(=O)[nH]1.[H+]. The topological polar surface area (TPSA) is 119 Å². The van der Waals surface area contributed by atoms with Gasteiger partial charge in [-0.1, -0.05) is 0 Å². The lowest BCUT2D eigenvalue weighted by atomic mass is 10.5. The number of aromatic nitrogens is 4. The zero-order valence-corrected chi connectivity index (χ0v) is 8.38. The van der Waals surface area contributed by atoms with Gasteiger partial charge in [0.1, 0.15) is 6.73 Å². The molecule has 0 spiro atoms. The average Bonchev–Trinajstić information content (AvgIpc) is 2.62. The van der Waals surface area contributed by atoms with Gasteiger partial charge in [0.2, 0.25) is 5.95 Å². The van der Waals surface area contributed by atoms with Crippen molar-refractivity contribution in [2.75, 3.05) is 18.9 Å². The number of H-pyrrole nitrogens is 1. The number of nitrogens with one attached hydrogen (secondary N) is 1. The van der Waals surface area contributed by atoms with E-state index in [0.717, 1.165) is 0 Å². The van der Waals surface area contributed by atoms with Crippen LogP contribution in [0.2, 0.25) is 0 Å². The van der Waals surface area contributed by atoms with E-state index in [0.29, 0.717) is 5.65 Å². The number of nitrogens with two attached hydrogens (primary N) is 1. The molecule has 0 aliphatic heterocycles.